The minimum absolute atomic E-state index is 0.00737. The van der Waals surface area contributed by atoms with E-state index in [1.165, 1.54) is 6.26 Å². The van der Waals surface area contributed by atoms with Crippen LogP contribution in [0.1, 0.15) is 18.5 Å². The summed E-state index contributed by atoms with van der Waals surface area (Å²) in [4.78, 5) is 23.6. The molecule has 0 atom stereocenters. The van der Waals surface area contributed by atoms with Gasteiger partial charge >= 0.3 is 0 Å². The topological polar surface area (TPSA) is 108 Å². The Morgan fingerprint density at radius 2 is 2.16 bits per heavy atom. The maximum Gasteiger partial charge on any atom is 0.266 e. The number of benzene rings is 1. The van der Waals surface area contributed by atoms with Crippen LogP contribution in [-0.2, 0) is 4.79 Å². The van der Waals surface area contributed by atoms with Crippen molar-refractivity contribution in [3.8, 4) is 17.7 Å². The molecule has 1 amide bonds. The monoisotopic (exact) mass is 465 g/mol. The Kier molecular flexibility index (Phi) is 5.59. The van der Waals surface area contributed by atoms with E-state index in [1.54, 1.807) is 35.2 Å². The first-order valence-electron chi connectivity index (χ1n) is 10.1. The fourth-order valence-electron chi connectivity index (χ4n) is 3.76. The predicted molar refractivity (Wildman–Crippen MR) is 124 cm³/mol. The van der Waals surface area contributed by atoms with Crippen molar-refractivity contribution in [2.24, 2.45) is 5.92 Å². The van der Waals surface area contributed by atoms with Gasteiger partial charge < -0.3 is 19.1 Å². The fraction of sp³-hybridized carbons (Fsp3) is 0.273. The van der Waals surface area contributed by atoms with Crippen molar-refractivity contribution in [1.82, 2.24) is 9.97 Å². The van der Waals surface area contributed by atoms with Crippen LogP contribution in [-0.4, -0.2) is 35.2 Å². The second-order valence-corrected chi connectivity index (χ2v) is 9.46. The van der Waals surface area contributed by atoms with Gasteiger partial charge in [0.1, 0.15) is 6.07 Å². The average Bonchev–Trinajstić information content (AvgIpc) is 3.57. The zero-order valence-electron chi connectivity index (χ0n) is 17.2. The van der Waals surface area contributed by atoms with Crippen molar-refractivity contribution in [3.05, 3.63) is 42.3 Å². The van der Waals surface area contributed by atoms with Gasteiger partial charge in [-0.3, -0.25) is 4.79 Å². The molecule has 162 valence electrons. The Morgan fingerprint density at radius 1 is 1.31 bits per heavy atom. The second kappa shape index (κ2) is 8.68. The summed E-state index contributed by atoms with van der Waals surface area (Å²) in [6, 6.07) is 11.4. The summed E-state index contributed by atoms with van der Waals surface area (Å²) >= 11 is 3.24. The Morgan fingerprint density at radius 3 is 2.88 bits per heavy atom. The van der Waals surface area contributed by atoms with Crippen molar-refractivity contribution in [3.63, 3.8) is 0 Å². The number of hydrogen-bond acceptors (Lipinski definition) is 9. The summed E-state index contributed by atoms with van der Waals surface area (Å²) in [5.41, 5.74) is 1.95. The molecule has 1 aromatic carbocycles. The summed E-state index contributed by atoms with van der Waals surface area (Å²) in [6.07, 6.45) is 4.85. The summed E-state index contributed by atoms with van der Waals surface area (Å²) in [5.74, 6) is 1.09. The van der Waals surface area contributed by atoms with Crippen molar-refractivity contribution >= 4 is 50.8 Å². The molecule has 0 aliphatic carbocycles. The molecule has 0 spiro atoms. The number of anilines is 2. The molecule has 8 nitrogen and oxygen atoms in total. The van der Waals surface area contributed by atoms with Crippen molar-refractivity contribution < 1.29 is 13.6 Å². The van der Waals surface area contributed by atoms with Gasteiger partial charge in [0.05, 0.1) is 16.5 Å². The number of rotatable bonds is 5. The van der Waals surface area contributed by atoms with E-state index in [9.17, 15) is 10.1 Å². The first-order chi connectivity index (χ1) is 15.6. The highest BCUT2D eigenvalue weighted by Gasteiger charge is 2.29. The Hall–Kier alpha value is -3.29. The molecular formula is C22H19N5O3S2. The number of oxazole rings is 1. The molecule has 1 aliphatic rings. The number of furan rings is 1. The number of fused-ring (bicyclic) bond motifs is 1. The Labute approximate surface area is 192 Å². The molecule has 0 radical (unpaired) electrons. The van der Waals surface area contributed by atoms with Crippen LogP contribution >= 0.6 is 23.1 Å². The number of thiazole rings is 1. The largest absolute Gasteiger partial charge is 0.459 e. The minimum atomic E-state index is -0.108. The van der Waals surface area contributed by atoms with E-state index in [0.29, 0.717) is 37.6 Å². The lowest BCUT2D eigenvalue weighted by molar-refractivity contribution is -0.120. The molecular weight excluding hydrogens is 446 g/mol. The van der Waals surface area contributed by atoms with Crippen LogP contribution in [0.3, 0.4) is 0 Å². The average molecular weight is 466 g/mol. The molecule has 1 saturated heterocycles. The molecule has 5 rings (SSSR count). The maximum atomic E-state index is 12.8. The van der Waals surface area contributed by atoms with Crippen LogP contribution in [0.2, 0.25) is 0 Å². The number of nitrogens with zero attached hydrogens (tertiary/aromatic N) is 4. The van der Waals surface area contributed by atoms with Gasteiger partial charge in [0.25, 0.3) is 5.89 Å². The second-order valence-electron chi connectivity index (χ2n) is 7.38. The van der Waals surface area contributed by atoms with Gasteiger partial charge in [0, 0.05) is 24.7 Å². The van der Waals surface area contributed by atoms with Crippen molar-refractivity contribution in [2.75, 3.05) is 29.6 Å². The van der Waals surface area contributed by atoms with Crippen LogP contribution in [0.15, 0.2) is 49.8 Å². The molecule has 0 saturated carbocycles. The van der Waals surface area contributed by atoms with Gasteiger partial charge in [-0.05, 0) is 49.4 Å². The summed E-state index contributed by atoms with van der Waals surface area (Å²) in [7, 11) is 0. The minimum Gasteiger partial charge on any atom is -0.459 e. The Balaban J connectivity index is 1.24. The number of carbonyl (C=O) groups is 1. The highest BCUT2D eigenvalue weighted by molar-refractivity contribution is 8.00. The van der Waals surface area contributed by atoms with Crippen LogP contribution < -0.4 is 10.2 Å². The maximum absolute atomic E-state index is 12.8. The van der Waals surface area contributed by atoms with E-state index in [0.717, 1.165) is 20.2 Å². The molecule has 3 aromatic heterocycles. The number of hydrogen-bond donors (Lipinski definition) is 1. The molecule has 1 fully saturated rings. The van der Waals surface area contributed by atoms with E-state index >= 15 is 0 Å². The first kappa shape index (κ1) is 20.6. The lowest BCUT2D eigenvalue weighted by Crippen LogP contribution is -2.38. The fourth-order valence-corrected chi connectivity index (χ4v) is 5.29. The highest BCUT2D eigenvalue weighted by Crippen LogP contribution is 2.33. The van der Waals surface area contributed by atoms with Crippen molar-refractivity contribution in [1.29, 1.82) is 5.26 Å². The van der Waals surface area contributed by atoms with E-state index in [4.69, 9.17) is 8.83 Å². The van der Waals surface area contributed by atoms with Gasteiger partial charge in [-0.25, -0.2) is 4.98 Å². The van der Waals surface area contributed by atoms with Gasteiger partial charge in [0.2, 0.25) is 17.5 Å². The summed E-state index contributed by atoms with van der Waals surface area (Å²) < 4.78 is 13.2. The van der Waals surface area contributed by atoms with E-state index < -0.39 is 0 Å². The molecule has 1 N–H and O–H groups in total. The van der Waals surface area contributed by atoms with Gasteiger partial charge in [-0.1, -0.05) is 11.8 Å². The zero-order chi connectivity index (χ0) is 22.1. The smallest absolute Gasteiger partial charge is 0.266 e. The van der Waals surface area contributed by atoms with Crippen LogP contribution in [0.4, 0.5) is 11.6 Å². The van der Waals surface area contributed by atoms with E-state index in [-0.39, 0.29) is 23.4 Å². The third-order valence-corrected chi connectivity index (χ3v) is 7.41. The third kappa shape index (κ3) is 3.97. The summed E-state index contributed by atoms with van der Waals surface area (Å²) in [5, 5.41) is 12.5. The van der Waals surface area contributed by atoms with Crippen LogP contribution in [0.5, 0.6) is 0 Å². The SMILES string of the molecule is CSc1nc2ccc(NC(=O)C3CCN(c4oc(-c5ccco5)nc4C#N)CC3)cc2s1. The van der Waals surface area contributed by atoms with Crippen LogP contribution in [0, 0.1) is 17.2 Å². The molecule has 4 heterocycles. The van der Waals surface area contributed by atoms with Crippen LogP contribution in [0.25, 0.3) is 21.9 Å². The molecule has 1 aliphatic heterocycles. The molecule has 0 unspecified atom stereocenters. The standard InChI is InChI=1S/C22H19N5O3S2/c1-31-22-26-15-5-4-14(11-18(15)32-22)24-19(28)13-6-8-27(9-7-13)21-16(12-23)25-20(30-21)17-3-2-10-29-17/h2-5,10-11,13H,6-9H2,1H3,(H,24,28). The molecule has 0 bridgehead atoms. The highest BCUT2D eigenvalue weighted by atomic mass is 32.2. The predicted octanol–water partition coefficient (Wildman–Crippen LogP) is 4.99. The number of amides is 1. The lowest BCUT2D eigenvalue weighted by Gasteiger charge is -2.30. The quantitative estimate of drug-likeness (QED) is 0.411. The molecule has 32 heavy (non-hydrogen) atoms. The Bertz CT molecular complexity index is 1300. The number of thioether (sulfide) groups is 1. The van der Waals surface area contributed by atoms with E-state index in [2.05, 4.69) is 21.4 Å². The zero-order valence-corrected chi connectivity index (χ0v) is 18.8. The first-order valence-corrected chi connectivity index (χ1v) is 12.1. The molecule has 4 aromatic rings. The number of piperidine rings is 1. The van der Waals surface area contributed by atoms with Gasteiger partial charge in [-0.15, -0.1) is 11.3 Å². The van der Waals surface area contributed by atoms with Gasteiger partial charge in [0.15, 0.2) is 10.1 Å². The number of nitriles is 1. The number of nitrogens with one attached hydrogen (secondary N) is 1. The lowest BCUT2D eigenvalue weighted by atomic mass is 9.96. The normalized spacial score (nSPS) is 14.6. The third-order valence-electron chi connectivity index (χ3n) is 5.41. The van der Waals surface area contributed by atoms with Crippen molar-refractivity contribution in [2.45, 2.75) is 17.2 Å². The number of aromatic nitrogens is 2. The molecule has 10 heteroatoms. The van der Waals surface area contributed by atoms with E-state index in [1.807, 2.05) is 29.4 Å². The van der Waals surface area contributed by atoms with Gasteiger partial charge in [-0.2, -0.15) is 10.2 Å². The summed E-state index contributed by atoms with van der Waals surface area (Å²) in [6.45, 7) is 1.20. The number of carbonyl (C=O) groups excluding carboxylic acids is 1.